The van der Waals surface area contributed by atoms with Crippen LogP contribution in [-0.2, 0) is 0 Å². The SMILES string of the molecule is c1ccc(-c2ccc(-c3ccccc3)c(-n3c4ccccc4c4c(-n5c6ccccc6c6c([Si](c7ccccc7)(c7ccccc7)c7ccccc7)cccc65)cccc43)c2)cc1. The molecule has 12 rings (SSSR count). The van der Waals surface area contributed by atoms with Crippen molar-refractivity contribution in [1.82, 2.24) is 9.13 Å². The van der Waals surface area contributed by atoms with Crippen molar-refractivity contribution < 1.29 is 0 Å². The summed E-state index contributed by atoms with van der Waals surface area (Å²) in [6.45, 7) is 0. The van der Waals surface area contributed by atoms with Crippen LogP contribution in [-0.4, -0.2) is 17.2 Å². The van der Waals surface area contributed by atoms with Gasteiger partial charge in [-0.15, -0.1) is 0 Å². The fourth-order valence-corrected chi connectivity index (χ4v) is 15.5. The fourth-order valence-electron chi connectivity index (χ4n) is 10.5. The zero-order chi connectivity index (χ0) is 41.7. The Balaban J connectivity index is 1.19. The summed E-state index contributed by atoms with van der Waals surface area (Å²) in [6, 6.07) is 94.2. The molecule has 10 aromatic carbocycles. The predicted molar refractivity (Wildman–Crippen MR) is 270 cm³/mol. The van der Waals surface area contributed by atoms with Gasteiger partial charge < -0.3 is 9.13 Å². The number of benzene rings is 10. The summed E-state index contributed by atoms with van der Waals surface area (Å²) in [5.74, 6) is 0. The van der Waals surface area contributed by atoms with E-state index >= 15 is 0 Å². The first-order valence-electron chi connectivity index (χ1n) is 21.8. The zero-order valence-electron chi connectivity index (χ0n) is 34.6. The maximum absolute atomic E-state index is 2.90. The third-order valence-electron chi connectivity index (χ3n) is 13.1. The molecule has 296 valence electrons. The van der Waals surface area contributed by atoms with Crippen LogP contribution in [0.15, 0.2) is 255 Å². The van der Waals surface area contributed by atoms with Crippen molar-refractivity contribution in [3.05, 3.63) is 255 Å². The summed E-state index contributed by atoms with van der Waals surface area (Å²) in [5.41, 5.74) is 11.8. The Morgan fingerprint density at radius 2 is 0.698 bits per heavy atom. The standard InChI is InChI=1S/C60H42N2Si/c1-6-22-43(23-7-1)45-40-41-49(44-24-8-2-9-25-44)57(42-45)62-52-34-18-16-32-50(52)59-54(36-20-37-55(59)62)61-53-35-19-17-33-51(53)60-56(61)38-21-39-58(60)63(46-26-10-3-11-27-46,47-28-12-4-13-29-47)48-30-14-5-15-31-48/h1-42H. The quantitative estimate of drug-likeness (QED) is 0.107. The summed E-state index contributed by atoms with van der Waals surface area (Å²) < 4.78 is 5.05. The summed E-state index contributed by atoms with van der Waals surface area (Å²) >= 11 is 0. The monoisotopic (exact) mass is 818 g/mol. The lowest BCUT2D eigenvalue weighted by molar-refractivity contribution is 1.17. The van der Waals surface area contributed by atoms with E-state index in [2.05, 4.69) is 264 Å². The minimum atomic E-state index is -2.90. The van der Waals surface area contributed by atoms with E-state index in [9.17, 15) is 0 Å². The lowest BCUT2D eigenvalue weighted by atomic mass is 9.98. The number of rotatable bonds is 8. The summed E-state index contributed by atoms with van der Waals surface area (Å²) in [4.78, 5) is 0. The van der Waals surface area contributed by atoms with Crippen molar-refractivity contribution in [3.8, 4) is 33.6 Å². The van der Waals surface area contributed by atoms with Crippen molar-refractivity contribution in [2.24, 2.45) is 0 Å². The minimum Gasteiger partial charge on any atom is -0.309 e. The summed E-state index contributed by atoms with van der Waals surface area (Å²) in [5, 5.41) is 10.5. The lowest BCUT2D eigenvalue weighted by Crippen LogP contribution is -2.74. The van der Waals surface area contributed by atoms with Gasteiger partial charge in [0.2, 0.25) is 0 Å². The molecule has 0 fully saturated rings. The highest BCUT2D eigenvalue weighted by atomic mass is 28.3. The second kappa shape index (κ2) is 15.2. The van der Waals surface area contributed by atoms with Crippen molar-refractivity contribution in [3.63, 3.8) is 0 Å². The molecule has 0 unspecified atom stereocenters. The van der Waals surface area contributed by atoms with Gasteiger partial charge in [0, 0.05) is 27.1 Å². The number of aromatic nitrogens is 2. The Hall–Kier alpha value is -7.98. The molecule has 12 aromatic rings. The molecule has 0 amide bonds. The van der Waals surface area contributed by atoms with Crippen LogP contribution in [0.3, 0.4) is 0 Å². The average Bonchev–Trinajstić information content (AvgIpc) is 3.89. The topological polar surface area (TPSA) is 9.86 Å². The molecule has 2 aromatic heterocycles. The molecule has 2 nitrogen and oxygen atoms in total. The Morgan fingerprint density at radius 1 is 0.270 bits per heavy atom. The molecule has 0 aliphatic carbocycles. The van der Waals surface area contributed by atoms with Crippen molar-refractivity contribution in [2.75, 3.05) is 0 Å². The van der Waals surface area contributed by atoms with E-state index in [-0.39, 0.29) is 0 Å². The van der Waals surface area contributed by atoms with Gasteiger partial charge in [-0.25, -0.2) is 0 Å². The first-order chi connectivity index (χ1) is 31.3. The summed E-state index contributed by atoms with van der Waals surface area (Å²) in [7, 11) is -2.90. The van der Waals surface area contributed by atoms with Gasteiger partial charge in [0.05, 0.1) is 33.4 Å². The van der Waals surface area contributed by atoms with Gasteiger partial charge in [0.25, 0.3) is 0 Å². The largest absolute Gasteiger partial charge is 0.309 e. The van der Waals surface area contributed by atoms with Crippen LogP contribution in [0.4, 0.5) is 0 Å². The molecule has 0 bridgehead atoms. The molecular weight excluding hydrogens is 777 g/mol. The van der Waals surface area contributed by atoms with E-state index in [1.807, 2.05) is 0 Å². The molecule has 0 saturated heterocycles. The van der Waals surface area contributed by atoms with Gasteiger partial charge >= 0.3 is 0 Å². The highest BCUT2D eigenvalue weighted by Crippen LogP contribution is 2.42. The van der Waals surface area contributed by atoms with Gasteiger partial charge in [0.1, 0.15) is 0 Å². The third kappa shape index (κ3) is 5.78. The predicted octanol–water partition coefficient (Wildman–Crippen LogP) is 12.6. The van der Waals surface area contributed by atoms with E-state index in [1.165, 1.54) is 86.6 Å². The number of nitrogens with zero attached hydrogens (tertiary/aromatic N) is 2. The van der Waals surface area contributed by atoms with E-state index in [1.54, 1.807) is 0 Å². The minimum absolute atomic E-state index is 1.15. The maximum Gasteiger partial charge on any atom is 0.180 e. The van der Waals surface area contributed by atoms with Crippen LogP contribution >= 0.6 is 0 Å². The highest BCUT2D eigenvalue weighted by Gasteiger charge is 2.43. The Labute approximate surface area is 368 Å². The Bertz CT molecular complexity index is 3500. The normalized spacial score (nSPS) is 11.8. The molecule has 0 atom stereocenters. The first kappa shape index (κ1) is 36.8. The molecule has 3 heteroatoms. The molecule has 2 heterocycles. The van der Waals surface area contributed by atoms with Crippen LogP contribution in [0.25, 0.3) is 77.2 Å². The number of hydrogen-bond acceptors (Lipinski definition) is 0. The van der Waals surface area contributed by atoms with Crippen LogP contribution in [0.5, 0.6) is 0 Å². The number of hydrogen-bond donors (Lipinski definition) is 0. The van der Waals surface area contributed by atoms with Crippen LogP contribution in [0.1, 0.15) is 0 Å². The lowest BCUT2D eigenvalue weighted by Gasteiger charge is -2.35. The van der Waals surface area contributed by atoms with E-state index in [0.717, 1.165) is 11.4 Å². The van der Waals surface area contributed by atoms with E-state index < -0.39 is 8.07 Å². The van der Waals surface area contributed by atoms with Crippen molar-refractivity contribution >= 4 is 72.4 Å². The van der Waals surface area contributed by atoms with Crippen molar-refractivity contribution in [2.45, 2.75) is 0 Å². The van der Waals surface area contributed by atoms with Crippen LogP contribution in [0, 0.1) is 0 Å². The van der Waals surface area contributed by atoms with E-state index in [0.29, 0.717) is 0 Å². The molecule has 0 saturated carbocycles. The smallest absolute Gasteiger partial charge is 0.180 e. The molecule has 0 N–H and O–H groups in total. The molecule has 0 radical (unpaired) electrons. The molecule has 63 heavy (non-hydrogen) atoms. The van der Waals surface area contributed by atoms with E-state index in [4.69, 9.17) is 0 Å². The number of fused-ring (bicyclic) bond motifs is 6. The molecular formula is C60H42N2Si. The van der Waals surface area contributed by atoms with Gasteiger partial charge in [-0.05, 0) is 73.8 Å². The molecule has 0 aliphatic heterocycles. The van der Waals surface area contributed by atoms with Gasteiger partial charge in [0.15, 0.2) is 8.07 Å². The molecule has 0 aliphatic rings. The average molecular weight is 819 g/mol. The van der Waals surface area contributed by atoms with Crippen LogP contribution in [0.2, 0.25) is 0 Å². The zero-order valence-corrected chi connectivity index (χ0v) is 35.6. The van der Waals surface area contributed by atoms with Gasteiger partial charge in [-0.1, -0.05) is 218 Å². The molecule has 0 spiro atoms. The fraction of sp³-hybridized carbons (Fsp3) is 0. The third-order valence-corrected chi connectivity index (χ3v) is 17.9. The van der Waals surface area contributed by atoms with Crippen LogP contribution < -0.4 is 20.7 Å². The first-order valence-corrected chi connectivity index (χ1v) is 23.8. The van der Waals surface area contributed by atoms with Crippen molar-refractivity contribution in [1.29, 1.82) is 0 Å². The Morgan fingerprint density at radius 3 is 1.27 bits per heavy atom. The van der Waals surface area contributed by atoms with Gasteiger partial charge in [-0.2, -0.15) is 0 Å². The highest BCUT2D eigenvalue weighted by molar-refractivity contribution is 7.20. The number of para-hydroxylation sites is 2. The second-order valence-electron chi connectivity index (χ2n) is 16.4. The Kier molecular flexibility index (Phi) is 8.87. The second-order valence-corrected chi connectivity index (χ2v) is 20.2. The van der Waals surface area contributed by atoms with Gasteiger partial charge in [-0.3, -0.25) is 0 Å². The summed E-state index contributed by atoms with van der Waals surface area (Å²) in [6.07, 6.45) is 0. The maximum atomic E-state index is 2.55.